The van der Waals surface area contributed by atoms with Crippen molar-refractivity contribution >= 4 is 17.6 Å². The minimum Gasteiger partial charge on any atom is -0.477 e. The van der Waals surface area contributed by atoms with Crippen LogP contribution in [0.4, 0.5) is 0 Å². The molecule has 0 amide bonds. The highest BCUT2D eigenvalue weighted by atomic mass is 35.5. The van der Waals surface area contributed by atoms with Gasteiger partial charge >= 0.3 is 0 Å². The van der Waals surface area contributed by atoms with Gasteiger partial charge in [-0.25, -0.2) is 4.98 Å². The van der Waals surface area contributed by atoms with Crippen molar-refractivity contribution in [1.29, 1.82) is 0 Å². The molecule has 0 unspecified atom stereocenters. The highest BCUT2D eigenvalue weighted by molar-refractivity contribution is 6.31. The summed E-state index contributed by atoms with van der Waals surface area (Å²) in [4.78, 5) is 8.50. The molecule has 0 saturated heterocycles. The number of hydrogen-bond acceptors (Lipinski definition) is 3. The zero-order valence-electron chi connectivity index (χ0n) is 14.3. The van der Waals surface area contributed by atoms with Gasteiger partial charge in [0.15, 0.2) is 5.96 Å². The molecule has 1 fully saturated rings. The molecule has 0 bridgehead atoms. The number of benzene rings is 1. The molecule has 6 heteroatoms. The SMILES string of the molecule is CN=C(NCc1ccnc(OCC2CC2)c1)NCc1ccccc1Cl. The number of nitrogens with one attached hydrogen (secondary N) is 2. The molecule has 1 aromatic carbocycles. The Kier molecular flexibility index (Phi) is 6.12. The van der Waals surface area contributed by atoms with Crippen molar-refractivity contribution in [3.63, 3.8) is 0 Å². The van der Waals surface area contributed by atoms with Crippen LogP contribution in [0.15, 0.2) is 47.6 Å². The predicted molar refractivity (Wildman–Crippen MR) is 101 cm³/mol. The van der Waals surface area contributed by atoms with E-state index in [9.17, 15) is 0 Å². The van der Waals surface area contributed by atoms with Crippen LogP contribution in [-0.2, 0) is 13.1 Å². The number of ether oxygens (including phenoxy) is 1. The maximum atomic E-state index is 6.18. The average Bonchev–Trinajstić information content (AvgIpc) is 3.46. The molecule has 1 saturated carbocycles. The summed E-state index contributed by atoms with van der Waals surface area (Å²) in [5.41, 5.74) is 2.13. The van der Waals surface area contributed by atoms with Crippen molar-refractivity contribution in [2.75, 3.05) is 13.7 Å². The fourth-order valence-corrected chi connectivity index (χ4v) is 2.56. The molecule has 5 nitrogen and oxygen atoms in total. The van der Waals surface area contributed by atoms with Crippen LogP contribution in [0.2, 0.25) is 5.02 Å². The largest absolute Gasteiger partial charge is 0.477 e. The van der Waals surface area contributed by atoms with E-state index in [0.29, 0.717) is 19.0 Å². The summed E-state index contributed by atoms with van der Waals surface area (Å²) < 4.78 is 5.72. The quantitative estimate of drug-likeness (QED) is 0.588. The van der Waals surface area contributed by atoms with E-state index in [1.54, 1.807) is 13.2 Å². The summed E-state index contributed by atoms with van der Waals surface area (Å²) in [7, 11) is 1.75. The number of halogens is 1. The smallest absolute Gasteiger partial charge is 0.213 e. The summed E-state index contributed by atoms with van der Waals surface area (Å²) in [6.07, 6.45) is 4.32. The molecular formula is C19H23ClN4O. The number of pyridine rings is 1. The minimum absolute atomic E-state index is 0.617. The van der Waals surface area contributed by atoms with Crippen LogP contribution in [0.5, 0.6) is 5.88 Å². The monoisotopic (exact) mass is 358 g/mol. The van der Waals surface area contributed by atoms with Gasteiger partial charge in [-0.1, -0.05) is 29.8 Å². The van der Waals surface area contributed by atoms with Gasteiger partial charge in [0.25, 0.3) is 0 Å². The number of hydrogen-bond donors (Lipinski definition) is 2. The van der Waals surface area contributed by atoms with Crippen molar-refractivity contribution in [3.05, 3.63) is 58.7 Å². The first kappa shape index (κ1) is 17.5. The van der Waals surface area contributed by atoms with Gasteiger partial charge in [0, 0.05) is 37.4 Å². The first-order valence-electron chi connectivity index (χ1n) is 8.50. The molecule has 0 atom stereocenters. The second-order valence-corrected chi connectivity index (χ2v) is 6.53. The van der Waals surface area contributed by atoms with E-state index >= 15 is 0 Å². The van der Waals surface area contributed by atoms with Crippen molar-refractivity contribution in [3.8, 4) is 5.88 Å². The number of guanidine groups is 1. The van der Waals surface area contributed by atoms with Crippen molar-refractivity contribution in [2.24, 2.45) is 10.9 Å². The minimum atomic E-state index is 0.617. The van der Waals surface area contributed by atoms with Crippen molar-refractivity contribution in [2.45, 2.75) is 25.9 Å². The third kappa shape index (κ3) is 5.64. The van der Waals surface area contributed by atoms with Gasteiger partial charge in [-0.15, -0.1) is 0 Å². The van der Waals surface area contributed by atoms with Crippen LogP contribution in [0.3, 0.4) is 0 Å². The zero-order chi connectivity index (χ0) is 17.5. The normalized spacial score (nSPS) is 14.2. The Bertz CT molecular complexity index is 731. The fourth-order valence-electron chi connectivity index (χ4n) is 2.35. The lowest BCUT2D eigenvalue weighted by atomic mass is 10.2. The van der Waals surface area contributed by atoms with Crippen LogP contribution >= 0.6 is 11.6 Å². The highest BCUT2D eigenvalue weighted by Crippen LogP contribution is 2.29. The Morgan fingerprint density at radius 2 is 2.04 bits per heavy atom. The molecule has 1 aliphatic rings. The molecule has 0 aliphatic heterocycles. The van der Waals surface area contributed by atoms with Gasteiger partial charge < -0.3 is 15.4 Å². The third-order valence-corrected chi connectivity index (χ3v) is 4.42. The summed E-state index contributed by atoms with van der Waals surface area (Å²) in [5.74, 6) is 2.12. The topological polar surface area (TPSA) is 58.5 Å². The lowest BCUT2D eigenvalue weighted by Crippen LogP contribution is -2.36. The van der Waals surface area contributed by atoms with Gasteiger partial charge in [0.1, 0.15) is 0 Å². The van der Waals surface area contributed by atoms with Crippen LogP contribution in [-0.4, -0.2) is 24.6 Å². The molecule has 1 aliphatic carbocycles. The first-order chi connectivity index (χ1) is 12.2. The van der Waals surface area contributed by atoms with E-state index in [2.05, 4.69) is 20.6 Å². The second kappa shape index (κ2) is 8.72. The summed E-state index contributed by atoms with van der Waals surface area (Å²) in [5, 5.41) is 7.31. The van der Waals surface area contributed by atoms with Crippen molar-refractivity contribution < 1.29 is 4.74 Å². The van der Waals surface area contributed by atoms with Gasteiger partial charge in [-0.2, -0.15) is 0 Å². The van der Waals surface area contributed by atoms with E-state index in [4.69, 9.17) is 16.3 Å². The van der Waals surface area contributed by atoms with Crippen LogP contribution in [0.25, 0.3) is 0 Å². The summed E-state index contributed by atoms with van der Waals surface area (Å²) in [6.45, 7) is 2.03. The number of rotatable bonds is 7. The Balaban J connectivity index is 1.49. The third-order valence-electron chi connectivity index (χ3n) is 4.05. The predicted octanol–water partition coefficient (Wildman–Crippen LogP) is 3.39. The lowest BCUT2D eigenvalue weighted by Gasteiger charge is -2.13. The summed E-state index contributed by atoms with van der Waals surface area (Å²) in [6, 6.07) is 11.7. The fraction of sp³-hybridized carbons (Fsp3) is 0.368. The Labute approximate surface area is 153 Å². The van der Waals surface area contributed by atoms with E-state index in [1.807, 2.05) is 36.4 Å². The standard InChI is InChI=1S/C19H23ClN4O/c1-21-19(24-12-16-4-2-3-5-17(16)20)23-11-15-8-9-22-18(10-15)25-13-14-6-7-14/h2-5,8-10,14H,6-7,11-13H2,1H3,(H2,21,23,24). The van der Waals surface area contributed by atoms with Gasteiger partial charge in [-0.05, 0) is 42.0 Å². The maximum absolute atomic E-state index is 6.18. The molecule has 0 radical (unpaired) electrons. The average molecular weight is 359 g/mol. The molecular weight excluding hydrogens is 336 g/mol. The van der Waals surface area contributed by atoms with E-state index in [0.717, 1.165) is 34.6 Å². The van der Waals surface area contributed by atoms with Crippen LogP contribution in [0, 0.1) is 5.92 Å². The number of aliphatic imine (C=N–C) groups is 1. The molecule has 132 valence electrons. The highest BCUT2D eigenvalue weighted by Gasteiger charge is 2.22. The van der Waals surface area contributed by atoms with Crippen LogP contribution in [0.1, 0.15) is 24.0 Å². The van der Waals surface area contributed by atoms with Gasteiger partial charge in [0.2, 0.25) is 5.88 Å². The first-order valence-corrected chi connectivity index (χ1v) is 8.88. The van der Waals surface area contributed by atoms with E-state index in [1.165, 1.54) is 12.8 Å². The molecule has 1 heterocycles. The molecule has 25 heavy (non-hydrogen) atoms. The van der Waals surface area contributed by atoms with Gasteiger partial charge in [0.05, 0.1) is 6.61 Å². The van der Waals surface area contributed by atoms with Crippen molar-refractivity contribution in [1.82, 2.24) is 15.6 Å². The number of nitrogens with zero attached hydrogens (tertiary/aromatic N) is 2. The van der Waals surface area contributed by atoms with E-state index < -0.39 is 0 Å². The second-order valence-electron chi connectivity index (χ2n) is 6.13. The molecule has 2 aromatic rings. The Hall–Kier alpha value is -2.27. The molecule has 3 rings (SSSR count). The maximum Gasteiger partial charge on any atom is 0.213 e. The molecule has 1 aromatic heterocycles. The summed E-state index contributed by atoms with van der Waals surface area (Å²) >= 11 is 6.18. The Morgan fingerprint density at radius 1 is 1.24 bits per heavy atom. The lowest BCUT2D eigenvalue weighted by molar-refractivity contribution is 0.288. The number of aromatic nitrogens is 1. The van der Waals surface area contributed by atoms with Crippen LogP contribution < -0.4 is 15.4 Å². The Morgan fingerprint density at radius 3 is 2.80 bits per heavy atom. The van der Waals surface area contributed by atoms with Gasteiger partial charge in [-0.3, -0.25) is 4.99 Å². The molecule has 0 spiro atoms. The molecule has 2 N–H and O–H groups in total. The zero-order valence-corrected chi connectivity index (χ0v) is 15.1. The van der Waals surface area contributed by atoms with E-state index in [-0.39, 0.29) is 0 Å².